The van der Waals surface area contributed by atoms with E-state index < -0.39 is 40.4 Å². The lowest BCUT2D eigenvalue weighted by Crippen LogP contribution is -2.55. The first-order valence-electron chi connectivity index (χ1n) is 12.5. The topological polar surface area (TPSA) is 72.7 Å². The van der Waals surface area contributed by atoms with Gasteiger partial charge in [0.15, 0.2) is 22.4 Å². The summed E-state index contributed by atoms with van der Waals surface area (Å²) in [6.45, 7) is 2.99. The van der Waals surface area contributed by atoms with Crippen molar-refractivity contribution < 1.29 is 27.1 Å². The third-order valence-corrected chi connectivity index (χ3v) is 7.80. The van der Waals surface area contributed by atoms with Crippen LogP contribution in [0.25, 0.3) is 0 Å². The van der Waals surface area contributed by atoms with Crippen molar-refractivity contribution in [2.45, 2.75) is 50.2 Å². The molecule has 1 spiro atoms. The summed E-state index contributed by atoms with van der Waals surface area (Å²) in [6, 6.07) is 6.66. The van der Waals surface area contributed by atoms with E-state index in [4.69, 9.17) is 17.0 Å². The highest BCUT2D eigenvalue weighted by atomic mass is 32.1. The van der Waals surface area contributed by atoms with E-state index in [0.717, 1.165) is 43.1 Å². The minimum absolute atomic E-state index is 0.0499. The van der Waals surface area contributed by atoms with E-state index in [1.54, 1.807) is 6.07 Å². The van der Waals surface area contributed by atoms with E-state index in [2.05, 4.69) is 9.88 Å². The van der Waals surface area contributed by atoms with Crippen molar-refractivity contribution in [2.75, 3.05) is 36.0 Å². The van der Waals surface area contributed by atoms with Crippen molar-refractivity contribution >= 4 is 34.6 Å². The van der Waals surface area contributed by atoms with Gasteiger partial charge in [-0.1, -0.05) is 6.42 Å². The van der Waals surface area contributed by atoms with Crippen LogP contribution < -0.4 is 14.5 Å². The molecule has 3 aliphatic rings. The fraction of sp³-hybridized carbons (Fsp3) is 0.462. The number of piperidine rings is 1. The number of hydrogen-bond donors (Lipinski definition) is 0. The Morgan fingerprint density at radius 1 is 1.13 bits per heavy atom. The highest BCUT2D eigenvalue weighted by Crippen LogP contribution is 2.50. The lowest BCUT2D eigenvalue weighted by atomic mass is 9.75. The van der Waals surface area contributed by atoms with E-state index >= 15 is 4.39 Å². The minimum atomic E-state index is -4.95. The van der Waals surface area contributed by atoms with Crippen LogP contribution in [0.15, 0.2) is 30.5 Å². The highest BCUT2D eigenvalue weighted by molar-refractivity contribution is 7.81. The van der Waals surface area contributed by atoms with Crippen molar-refractivity contribution in [1.82, 2.24) is 9.88 Å². The van der Waals surface area contributed by atoms with E-state index in [9.17, 15) is 23.2 Å². The molecule has 1 aromatic heterocycles. The average molecular weight is 548 g/mol. The van der Waals surface area contributed by atoms with Crippen LogP contribution >= 0.6 is 12.2 Å². The number of hydrogen-bond acceptors (Lipinski definition) is 6. The Hall–Kier alpha value is -3.30. The largest absolute Gasteiger partial charge is 0.489 e. The first-order chi connectivity index (χ1) is 18.2. The molecule has 38 heavy (non-hydrogen) atoms. The zero-order valence-electron chi connectivity index (χ0n) is 20.4. The summed E-state index contributed by atoms with van der Waals surface area (Å²) in [5.74, 6) is -1.25. The maximum Gasteiger partial charge on any atom is 0.421 e. The standard InChI is InChI=1S/C26H25F4N5O2S/c27-18-15-17(5-6-21(18)37-14-13-33-11-2-1-3-12-33)35-24(38)34(23(36)25(35)8-4-9-25)20-7-10-32-19(16-31)22(20)26(28,29)30/h5-7,10,15H,1-4,8-9,11-14H2. The Morgan fingerprint density at radius 3 is 2.47 bits per heavy atom. The molecule has 0 unspecified atom stereocenters. The third-order valence-electron chi connectivity index (χ3n) is 7.44. The van der Waals surface area contributed by atoms with E-state index in [1.165, 1.54) is 29.5 Å². The molecule has 0 N–H and O–H groups in total. The number of anilines is 2. The van der Waals surface area contributed by atoms with Crippen molar-refractivity contribution in [2.24, 2.45) is 0 Å². The molecule has 0 radical (unpaired) electrons. The van der Waals surface area contributed by atoms with Crippen molar-refractivity contribution in [3.63, 3.8) is 0 Å². The summed E-state index contributed by atoms with van der Waals surface area (Å²) < 4.78 is 62.7. The second-order valence-electron chi connectivity index (χ2n) is 9.67. The number of thiocarbonyl (C=S) groups is 1. The zero-order chi connectivity index (χ0) is 27.1. The molecular weight excluding hydrogens is 522 g/mol. The van der Waals surface area contributed by atoms with Gasteiger partial charge in [-0.25, -0.2) is 9.37 Å². The fourth-order valence-corrected chi connectivity index (χ4v) is 5.87. The molecule has 1 aromatic carbocycles. The summed E-state index contributed by atoms with van der Waals surface area (Å²) in [5, 5.41) is 9.03. The average Bonchev–Trinajstić information content (AvgIpc) is 3.11. The summed E-state index contributed by atoms with van der Waals surface area (Å²) in [5.41, 5.74) is -3.73. The smallest absolute Gasteiger partial charge is 0.421 e. The van der Waals surface area contributed by atoms with Crippen molar-refractivity contribution in [1.29, 1.82) is 5.26 Å². The van der Waals surface area contributed by atoms with E-state index in [0.29, 0.717) is 32.4 Å². The number of halogens is 4. The molecule has 3 heterocycles. The number of pyridine rings is 1. The lowest BCUT2D eigenvalue weighted by molar-refractivity contribution is -0.137. The van der Waals surface area contributed by atoms with Gasteiger partial charge in [0.25, 0.3) is 5.91 Å². The molecule has 200 valence electrons. The molecule has 0 atom stereocenters. The van der Waals surface area contributed by atoms with Crippen molar-refractivity contribution in [3.8, 4) is 11.8 Å². The van der Waals surface area contributed by atoms with Gasteiger partial charge in [0.05, 0.1) is 5.69 Å². The molecule has 5 rings (SSSR count). The van der Waals surface area contributed by atoms with Gasteiger partial charge in [0.1, 0.15) is 23.8 Å². The van der Waals surface area contributed by atoms with E-state index in [-0.39, 0.29) is 16.5 Å². The van der Waals surface area contributed by atoms with Crippen LogP contribution in [0.1, 0.15) is 49.8 Å². The van der Waals surface area contributed by atoms with Gasteiger partial charge in [0, 0.05) is 24.5 Å². The second-order valence-corrected chi connectivity index (χ2v) is 10.0. The molecule has 1 amide bonds. The Balaban J connectivity index is 1.43. The monoisotopic (exact) mass is 547 g/mol. The Bertz CT molecular complexity index is 1300. The number of nitrogens with zero attached hydrogens (tertiary/aromatic N) is 5. The molecule has 2 aliphatic heterocycles. The number of rotatable bonds is 6. The minimum Gasteiger partial charge on any atom is -0.489 e. The van der Waals surface area contributed by atoms with Crippen LogP contribution in [-0.4, -0.2) is 52.7 Å². The maximum atomic E-state index is 15.1. The Morgan fingerprint density at radius 2 is 1.87 bits per heavy atom. The predicted octanol–water partition coefficient (Wildman–Crippen LogP) is 5.04. The molecule has 1 saturated carbocycles. The number of ether oxygens (including phenoxy) is 1. The molecule has 2 aromatic rings. The van der Waals surface area contributed by atoms with Crippen LogP contribution in [0.4, 0.5) is 28.9 Å². The highest BCUT2D eigenvalue weighted by Gasteiger charge is 2.60. The summed E-state index contributed by atoms with van der Waals surface area (Å²) in [7, 11) is 0. The van der Waals surface area contributed by atoms with Crippen LogP contribution in [0.2, 0.25) is 0 Å². The number of benzene rings is 1. The number of carbonyl (C=O) groups excluding carboxylic acids is 1. The summed E-state index contributed by atoms with van der Waals surface area (Å²) >= 11 is 5.53. The number of aromatic nitrogens is 1. The predicted molar refractivity (Wildman–Crippen MR) is 135 cm³/mol. The number of likely N-dealkylation sites (tertiary alicyclic amines) is 1. The molecule has 3 fully saturated rings. The van der Waals surface area contributed by atoms with Crippen molar-refractivity contribution in [3.05, 3.63) is 47.5 Å². The SMILES string of the molecule is N#Cc1nccc(N2C(=O)C3(CCC3)N(c3ccc(OCCN4CCCCC4)c(F)c3)C2=S)c1C(F)(F)F. The van der Waals surface area contributed by atoms with Crippen LogP contribution in [0.5, 0.6) is 5.75 Å². The quantitative estimate of drug-likeness (QED) is 0.371. The van der Waals surface area contributed by atoms with E-state index in [1.807, 2.05) is 0 Å². The fourth-order valence-electron chi connectivity index (χ4n) is 5.41. The van der Waals surface area contributed by atoms with Gasteiger partial charge in [-0.15, -0.1) is 0 Å². The zero-order valence-corrected chi connectivity index (χ0v) is 21.2. The van der Waals surface area contributed by atoms with Gasteiger partial charge in [0.2, 0.25) is 0 Å². The van der Waals surface area contributed by atoms with Gasteiger partial charge >= 0.3 is 6.18 Å². The number of amides is 1. The normalized spacial score (nSPS) is 19.6. The van der Waals surface area contributed by atoms with Gasteiger partial charge in [-0.05, 0) is 75.6 Å². The summed E-state index contributed by atoms with van der Waals surface area (Å²) in [4.78, 5) is 21.7. The second kappa shape index (κ2) is 10.1. The first-order valence-corrected chi connectivity index (χ1v) is 12.9. The van der Waals surface area contributed by atoms with Crippen LogP contribution in [-0.2, 0) is 11.0 Å². The Labute approximate surface area is 222 Å². The van der Waals surface area contributed by atoms with Gasteiger partial charge in [-0.3, -0.25) is 14.6 Å². The number of nitriles is 1. The molecular formula is C26H25F4N5O2S. The van der Waals surface area contributed by atoms with Gasteiger partial charge in [-0.2, -0.15) is 18.4 Å². The summed E-state index contributed by atoms with van der Waals surface area (Å²) in [6.07, 6.45) is 0.909. The molecule has 7 nitrogen and oxygen atoms in total. The maximum absolute atomic E-state index is 15.1. The number of carbonyl (C=O) groups is 1. The van der Waals surface area contributed by atoms with Gasteiger partial charge < -0.3 is 9.64 Å². The third kappa shape index (κ3) is 4.47. The molecule has 0 bridgehead atoms. The lowest BCUT2D eigenvalue weighted by Gasteiger charge is -2.43. The van der Waals surface area contributed by atoms with Crippen LogP contribution in [0.3, 0.4) is 0 Å². The molecule has 2 saturated heterocycles. The first kappa shape index (κ1) is 26.3. The molecule has 12 heteroatoms. The van der Waals surface area contributed by atoms with Crippen LogP contribution in [0, 0.1) is 17.1 Å². The number of alkyl halides is 3. The Kier molecular flexibility index (Phi) is 7.00. The molecule has 1 aliphatic carbocycles.